The minimum atomic E-state index is 0.601. The number of hydrogen-bond acceptors (Lipinski definition) is 4. The number of hydrogen-bond donors (Lipinski definition) is 2. The highest BCUT2D eigenvalue weighted by molar-refractivity contribution is 7.10. The molecule has 98 valence electrons. The Hall–Kier alpha value is -0.580. The molecule has 0 amide bonds. The lowest BCUT2D eigenvalue weighted by atomic mass is 10.2. The molecule has 1 rings (SSSR count). The van der Waals surface area contributed by atoms with Gasteiger partial charge in [-0.2, -0.15) is 0 Å². The number of anilines is 1. The van der Waals surface area contributed by atoms with Crippen LogP contribution >= 0.6 is 11.3 Å². The molecule has 0 unspecified atom stereocenters. The fraction of sp³-hybridized carbons (Fsp3) is 0.692. The first-order valence-electron chi connectivity index (χ1n) is 6.30. The second kappa shape index (κ2) is 6.99. The van der Waals surface area contributed by atoms with Gasteiger partial charge in [0.1, 0.15) is 0 Å². The Labute approximate surface area is 109 Å². The van der Waals surface area contributed by atoms with Crippen LogP contribution in [-0.4, -0.2) is 30.1 Å². The molecule has 0 saturated heterocycles. The number of nitrogens with zero attached hydrogens (tertiary/aromatic N) is 1. The number of nitrogen functional groups attached to an aromatic ring is 1. The molecule has 1 heterocycles. The Morgan fingerprint density at radius 1 is 1.29 bits per heavy atom. The number of thiophene rings is 1. The van der Waals surface area contributed by atoms with Gasteiger partial charge in [0.25, 0.3) is 0 Å². The van der Waals surface area contributed by atoms with Crippen LogP contribution in [0.5, 0.6) is 0 Å². The lowest BCUT2D eigenvalue weighted by Gasteiger charge is -2.30. The lowest BCUT2D eigenvalue weighted by Crippen LogP contribution is -2.41. The van der Waals surface area contributed by atoms with Crippen LogP contribution in [-0.2, 0) is 6.54 Å². The van der Waals surface area contributed by atoms with Gasteiger partial charge in [0.05, 0.1) is 0 Å². The molecule has 17 heavy (non-hydrogen) atoms. The van der Waals surface area contributed by atoms with Gasteiger partial charge in [0.15, 0.2) is 0 Å². The van der Waals surface area contributed by atoms with Crippen molar-refractivity contribution in [3.63, 3.8) is 0 Å². The van der Waals surface area contributed by atoms with E-state index >= 15 is 0 Å². The fourth-order valence-electron chi connectivity index (χ4n) is 2.02. The van der Waals surface area contributed by atoms with E-state index in [-0.39, 0.29) is 0 Å². The predicted octanol–water partition coefficient (Wildman–Crippen LogP) is 2.54. The van der Waals surface area contributed by atoms with Crippen LogP contribution < -0.4 is 11.1 Å². The molecule has 0 spiro atoms. The largest absolute Gasteiger partial charge is 0.398 e. The molecular weight excluding hydrogens is 230 g/mol. The van der Waals surface area contributed by atoms with E-state index in [1.807, 2.05) is 11.4 Å². The van der Waals surface area contributed by atoms with Crippen molar-refractivity contribution < 1.29 is 0 Å². The van der Waals surface area contributed by atoms with Gasteiger partial charge in [0.2, 0.25) is 0 Å². The first-order chi connectivity index (χ1) is 8.02. The van der Waals surface area contributed by atoms with Gasteiger partial charge in [-0.15, -0.1) is 11.3 Å². The van der Waals surface area contributed by atoms with Crippen LogP contribution in [0.25, 0.3) is 0 Å². The molecule has 3 nitrogen and oxygen atoms in total. The van der Waals surface area contributed by atoms with Gasteiger partial charge in [-0.1, -0.05) is 0 Å². The van der Waals surface area contributed by atoms with Crippen LogP contribution in [0.4, 0.5) is 5.69 Å². The summed E-state index contributed by atoms with van der Waals surface area (Å²) >= 11 is 1.72. The van der Waals surface area contributed by atoms with E-state index in [1.54, 1.807) is 11.3 Å². The average Bonchev–Trinajstić information content (AvgIpc) is 2.63. The summed E-state index contributed by atoms with van der Waals surface area (Å²) in [5.41, 5.74) is 6.75. The molecule has 0 aliphatic carbocycles. The number of rotatable bonds is 7. The Balaban J connectivity index is 2.25. The van der Waals surface area contributed by atoms with Gasteiger partial charge in [-0.05, 0) is 39.1 Å². The fourth-order valence-corrected chi connectivity index (χ4v) is 2.79. The van der Waals surface area contributed by atoms with Crippen LogP contribution in [0.15, 0.2) is 11.4 Å². The Kier molecular flexibility index (Phi) is 5.95. The van der Waals surface area contributed by atoms with E-state index in [2.05, 4.69) is 37.9 Å². The molecule has 3 N–H and O–H groups in total. The van der Waals surface area contributed by atoms with E-state index in [9.17, 15) is 0 Å². The first-order valence-corrected chi connectivity index (χ1v) is 7.18. The molecule has 0 aliphatic rings. The molecule has 0 aromatic carbocycles. The molecule has 1 aromatic heterocycles. The molecule has 1 aromatic rings. The molecular formula is C13H25N3S. The van der Waals surface area contributed by atoms with Gasteiger partial charge in [-0.3, -0.25) is 4.90 Å². The molecule has 0 saturated carbocycles. The highest BCUT2D eigenvalue weighted by atomic mass is 32.1. The Bertz CT molecular complexity index is 312. The normalized spacial score (nSPS) is 11.9. The first kappa shape index (κ1) is 14.5. The van der Waals surface area contributed by atoms with Gasteiger partial charge in [0, 0.05) is 42.3 Å². The van der Waals surface area contributed by atoms with Gasteiger partial charge >= 0.3 is 0 Å². The molecule has 0 atom stereocenters. The Morgan fingerprint density at radius 2 is 1.94 bits per heavy atom. The van der Waals surface area contributed by atoms with Crippen molar-refractivity contribution in [3.8, 4) is 0 Å². The van der Waals surface area contributed by atoms with E-state index in [4.69, 9.17) is 5.73 Å². The summed E-state index contributed by atoms with van der Waals surface area (Å²) in [6.45, 7) is 12.0. The van der Waals surface area contributed by atoms with E-state index in [1.165, 1.54) is 4.88 Å². The summed E-state index contributed by atoms with van der Waals surface area (Å²) in [7, 11) is 0. The maximum atomic E-state index is 5.84. The summed E-state index contributed by atoms with van der Waals surface area (Å²) in [5, 5.41) is 5.50. The van der Waals surface area contributed by atoms with Gasteiger partial charge < -0.3 is 11.1 Å². The van der Waals surface area contributed by atoms with Gasteiger partial charge in [-0.25, -0.2) is 0 Å². The summed E-state index contributed by atoms with van der Waals surface area (Å²) in [4.78, 5) is 3.73. The summed E-state index contributed by atoms with van der Waals surface area (Å²) in [6, 6.07) is 3.17. The predicted molar refractivity (Wildman–Crippen MR) is 77.4 cm³/mol. The summed E-state index contributed by atoms with van der Waals surface area (Å²) in [5.74, 6) is 0. The third-order valence-corrected chi connectivity index (χ3v) is 3.88. The second-order valence-electron chi connectivity index (χ2n) is 4.90. The molecule has 0 bridgehead atoms. The van der Waals surface area contributed by atoms with E-state index in [0.717, 1.165) is 25.3 Å². The van der Waals surface area contributed by atoms with Crippen molar-refractivity contribution in [2.75, 3.05) is 18.8 Å². The third kappa shape index (κ3) is 4.66. The van der Waals surface area contributed by atoms with E-state index in [0.29, 0.717) is 12.1 Å². The summed E-state index contributed by atoms with van der Waals surface area (Å²) < 4.78 is 0. The topological polar surface area (TPSA) is 41.3 Å². The number of nitrogens with one attached hydrogen (secondary N) is 1. The SMILES string of the molecule is CC(C)N(CCNCc1sccc1N)C(C)C. The van der Waals surface area contributed by atoms with Crippen LogP contribution in [0.3, 0.4) is 0 Å². The smallest absolute Gasteiger partial charge is 0.0468 e. The average molecular weight is 255 g/mol. The minimum Gasteiger partial charge on any atom is -0.398 e. The van der Waals surface area contributed by atoms with Crippen molar-refractivity contribution >= 4 is 17.0 Å². The van der Waals surface area contributed by atoms with Crippen molar-refractivity contribution in [1.29, 1.82) is 0 Å². The quantitative estimate of drug-likeness (QED) is 0.736. The van der Waals surface area contributed by atoms with Crippen molar-refractivity contribution in [1.82, 2.24) is 10.2 Å². The zero-order valence-corrected chi connectivity index (χ0v) is 12.2. The third-order valence-electron chi connectivity index (χ3n) is 2.94. The molecule has 4 heteroatoms. The molecule has 0 fully saturated rings. The monoisotopic (exact) mass is 255 g/mol. The summed E-state index contributed by atoms with van der Waals surface area (Å²) in [6.07, 6.45) is 0. The van der Waals surface area contributed by atoms with Crippen molar-refractivity contribution in [2.45, 2.75) is 46.3 Å². The maximum absolute atomic E-state index is 5.84. The zero-order valence-electron chi connectivity index (χ0n) is 11.4. The maximum Gasteiger partial charge on any atom is 0.0468 e. The van der Waals surface area contributed by atoms with Crippen molar-refractivity contribution in [2.24, 2.45) is 0 Å². The highest BCUT2D eigenvalue weighted by Crippen LogP contribution is 2.17. The van der Waals surface area contributed by atoms with Crippen LogP contribution in [0, 0.1) is 0 Å². The van der Waals surface area contributed by atoms with E-state index < -0.39 is 0 Å². The molecule has 0 radical (unpaired) electrons. The number of nitrogens with two attached hydrogens (primary N) is 1. The van der Waals surface area contributed by atoms with Crippen molar-refractivity contribution in [3.05, 3.63) is 16.3 Å². The zero-order chi connectivity index (χ0) is 12.8. The lowest BCUT2D eigenvalue weighted by molar-refractivity contribution is 0.176. The van der Waals surface area contributed by atoms with Crippen LogP contribution in [0.1, 0.15) is 32.6 Å². The standard InChI is InChI=1S/C13H25N3S/c1-10(2)16(11(3)4)7-6-15-9-13-12(14)5-8-17-13/h5,8,10-11,15H,6-7,9,14H2,1-4H3. The minimum absolute atomic E-state index is 0.601. The Morgan fingerprint density at radius 3 is 2.41 bits per heavy atom. The van der Waals surface area contributed by atoms with Crippen LogP contribution in [0.2, 0.25) is 0 Å². The molecule has 0 aliphatic heterocycles. The highest BCUT2D eigenvalue weighted by Gasteiger charge is 2.12. The second-order valence-corrected chi connectivity index (χ2v) is 5.90.